The van der Waals surface area contributed by atoms with Gasteiger partial charge in [0.05, 0.1) is 5.69 Å². The zero-order chi connectivity index (χ0) is 12.4. The number of aromatic nitrogens is 2. The number of imidazole rings is 1. The van der Waals surface area contributed by atoms with E-state index in [1.54, 1.807) is 0 Å². The zero-order valence-corrected chi connectivity index (χ0v) is 11.5. The summed E-state index contributed by atoms with van der Waals surface area (Å²) in [5.74, 6) is 1.14. The summed E-state index contributed by atoms with van der Waals surface area (Å²) in [4.78, 5) is 4.73. The smallest absolute Gasteiger partial charge is 0.138 e. The number of nitrogens with zero attached hydrogens (tertiary/aromatic N) is 2. The standard InChI is InChI=1S/C14H19N3S/c1-2-9-18-14-12(10-15-11-6-7-11)17-8-4-3-5-13(17)16-14/h3-5,8,11,15H,2,6-7,9-10H2,1H3. The quantitative estimate of drug-likeness (QED) is 0.810. The highest BCUT2D eigenvalue weighted by Crippen LogP contribution is 2.26. The van der Waals surface area contributed by atoms with Crippen LogP contribution in [0.4, 0.5) is 0 Å². The van der Waals surface area contributed by atoms with Crippen LogP contribution in [0.5, 0.6) is 0 Å². The van der Waals surface area contributed by atoms with Crippen molar-refractivity contribution >= 4 is 17.4 Å². The Morgan fingerprint density at radius 1 is 1.44 bits per heavy atom. The second kappa shape index (κ2) is 5.33. The summed E-state index contributed by atoms with van der Waals surface area (Å²) >= 11 is 1.87. The average Bonchev–Trinajstić information content (AvgIpc) is 3.15. The molecule has 3 nitrogen and oxygen atoms in total. The van der Waals surface area contributed by atoms with Crippen molar-refractivity contribution < 1.29 is 0 Å². The van der Waals surface area contributed by atoms with Crippen LogP contribution in [-0.4, -0.2) is 21.2 Å². The maximum Gasteiger partial charge on any atom is 0.138 e. The van der Waals surface area contributed by atoms with Gasteiger partial charge in [-0.25, -0.2) is 4.98 Å². The molecule has 0 aromatic carbocycles. The molecule has 4 heteroatoms. The van der Waals surface area contributed by atoms with E-state index in [2.05, 4.69) is 41.0 Å². The molecule has 0 atom stereocenters. The monoisotopic (exact) mass is 261 g/mol. The van der Waals surface area contributed by atoms with Gasteiger partial charge in [-0.3, -0.25) is 0 Å². The van der Waals surface area contributed by atoms with Crippen LogP contribution < -0.4 is 5.32 Å². The largest absolute Gasteiger partial charge is 0.308 e. The third-order valence-electron chi connectivity index (χ3n) is 3.17. The van der Waals surface area contributed by atoms with Gasteiger partial charge in [0.25, 0.3) is 0 Å². The van der Waals surface area contributed by atoms with Crippen LogP contribution in [0.15, 0.2) is 29.4 Å². The number of nitrogens with one attached hydrogen (secondary N) is 1. The minimum absolute atomic E-state index is 0.739. The number of fused-ring (bicyclic) bond motifs is 1. The number of hydrogen-bond acceptors (Lipinski definition) is 3. The van der Waals surface area contributed by atoms with Crippen LogP contribution in [0.2, 0.25) is 0 Å². The molecule has 0 radical (unpaired) electrons. The van der Waals surface area contributed by atoms with E-state index in [0.717, 1.165) is 24.0 Å². The first-order valence-corrected chi connectivity index (χ1v) is 7.69. The second-order valence-corrected chi connectivity index (χ2v) is 5.88. The molecule has 0 amide bonds. The fraction of sp³-hybridized carbons (Fsp3) is 0.500. The molecule has 1 aliphatic carbocycles. The van der Waals surface area contributed by atoms with Crippen LogP contribution in [0.25, 0.3) is 5.65 Å². The molecule has 3 rings (SSSR count). The molecule has 2 heterocycles. The van der Waals surface area contributed by atoms with E-state index >= 15 is 0 Å². The third-order valence-corrected chi connectivity index (χ3v) is 4.38. The molecule has 0 saturated heterocycles. The molecular formula is C14H19N3S. The van der Waals surface area contributed by atoms with Gasteiger partial charge in [0.2, 0.25) is 0 Å². The van der Waals surface area contributed by atoms with Crippen LogP contribution >= 0.6 is 11.8 Å². The van der Waals surface area contributed by atoms with Crippen LogP contribution in [0.1, 0.15) is 31.9 Å². The summed E-state index contributed by atoms with van der Waals surface area (Å²) in [6.45, 7) is 3.15. The highest BCUT2D eigenvalue weighted by molar-refractivity contribution is 7.99. The molecule has 1 fully saturated rings. The van der Waals surface area contributed by atoms with Gasteiger partial charge in [0.15, 0.2) is 0 Å². The number of hydrogen-bond donors (Lipinski definition) is 1. The summed E-state index contributed by atoms with van der Waals surface area (Å²) in [5, 5.41) is 4.78. The molecule has 2 aromatic heterocycles. The Morgan fingerprint density at radius 3 is 3.11 bits per heavy atom. The van der Waals surface area contributed by atoms with Crippen molar-refractivity contribution in [3.8, 4) is 0 Å². The van der Waals surface area contributed by atoms with E-state index in [1.165, 1.54) is 30.0 Å². The van der Waals surface area contributed by atoms with Gasteiger partial charge in [-0.2, -0.15) is 0 Å². The number of rotatable bonds is 6. The molecule has 2 aromatic rings. The number of pyridine rings is 1. The topological polar surface area (TPSA) is 29.3 Å². The van der Waals surface area contributed by atoms with Gasteiger partial charge in [-0.05, 0) is 37.1 Å². The molecule has 18 heavy (non-hydrogen) atoms. The highest BCUT2D eigenvalue weighted by Gasteiger charge is 2.21. The lowest BCUT2D eigenvalue weighted by Crippen LogP contribution is -2.17. The fourth-order valence-electron chi connectivity index (χ4n) is 2.03. The minimum atomic E-state index is 0.739. The minimum Gasteiger partial charge on any atom is -0.308 e. The second-order valence-electron chi connectivity index (χ2n) is 4.80. The van der Waals surface area contributed by atoms with Gasteiger partial charge in [-0.15, -0.1) is 11.8 Å². The summed E-state index contributed by atoms with van der Waals surface area (Å²) in [6.07, 6.45) is 5.96. The molecule has 0 unspecified atom stereocenters. The van der Waals surface area contributed by atoms with Gasteiger partial charge in [-0.1, -0.05) is 13.0 Å². The van der Waals surface area contributed by atoms with Crippen molar-refractivity contribution in [1.29, 1.82) is 0 Å². The fourth-order valence-corrected chi connectivity index (χ4v) is 2.92. The van der Waals surface area contributed by atoms with Crippen LogP contribution in [-0.2, 0) is 6.54 Å². The molecule has 0 aliphatic heterocycles. The van der Waals surface area contributed by atoms with E-state index in [-0.39, 0.29) is 0 Å². The first-order valence-electron chi connectivity index (χ1n) is 6.70. The lowest BCUT2D eigenvalue weighted by Gasteiger charge is -2.05. The van der Waals surface area contributed by atoms with E-state index in [0.29, 0.717) is 0 Å². The van der Waals surface area contributed by atoms with E-state index in [1.807, 2.05) is 11.8 Å². The SMILES string of the molecule is CCCSc1nc2ccccn2c1CNC1CC1. The van der Waals surface area contributed by atoms with Crippen molar-refractivity contribution in [3.63, 3.8) is 0 Å². The van der Waals surface area contributed by atoms with Crippen molar-refractivity contribution in [1.82, 2.24) is 14.7 Å². The molecular weight excluding hydrogens is 242 g/mol. The zero-order valence-electron chi connectivity index (χ0n) is 10.7. The Kier molecular flexibility index (Phi) is 3.57. The van der Waals surface area contributed by atoms with Crippen LogP contribution in [0, 0.1) is 0 Å². The predicted molar refractivity (Wildman–Crippen MR) is 76.1 cm³/mol. The molecule has 1 saturated carbocycles. The van der Waals surface area contributed by atoms with Gasteiger partial charge in [0.1, 0.15) is 10.7 Å². The average molecular weight is 261 g/mol. The molecule has 0 spiro atoms. The van der Waals surface area contributed by atoms with E-state index in [9.17, 15) is 0 Å². The van der Waals surface area contributed by atoms with Crippen molar-refractivity contribution in [2.24, 2.45) is 0 Å². The first kappa shape index (κ1) is 12.1. The van der Waals surface area contributed by atoms with Crippen molar-refractivity contribution in [2.45, 2.75) is 43.8 Å². The van der Waals surface area contributed by atoms with E-state index < -0.39 is 0 Å². The Hall–Kier alpha value is -1.00. The summed E-state index contributed by atoms with van der Waals surface area (Å²) in [6, 6.07) is 6.94. The Labute approximate surface area is 112 Å². The molecule has 96 valence electrons. The van der Waals surface area contributed by atoms with Crippen LogP contribution in [0.3, 0.4) is 0 Å². The normalized spacial score (nSPS) is 15.4. The maximum absolute atomic E-state index is 4.73. The summed E-state index contributed by atoms with van der Waals surface area (Å²) < 4.78 is 2.22. The molecule has 0 bridgehead atoms. The van der Waals surface area contributed by atoms with Gasteiger partial charge >= 0.3 is 0 Å². The number of thioether (sulfide) groups is 1. The van der Waals surface area contributed by atoms with Crippen molar-refractivity contribution in [2.75, 3.05) is 5.75 Å². The third kappa shape index (κ3) is 2.54. The Bertz CT molecular complexity index is 531. The van der Waals surface area contributed by atoms with Gasteiger partial charge in [0, 0.05) is 18.8 Å². The lowest BCUT2D eigenvalue weighted by atomic mass is 10.4. The van der Waals surface area contributed by atoms with Crippen molar-refractivity contribution in [3.05, 3.63) is 30.1 Å². The Balaban J connectivity index is 1.88. The molecule has 1 N–H and O–H groups in total. The summed E-state index contributed by atoms with van der Waals surface area (Å²) in [5.41, 5.74) is 2.37. The van der Waals surface area contributed by atoms with Gasteiger partial charge < -0.3 is 9.72 Å². The maximum atomic E-state index is 4.73. The van der Waals surface area contributed by atoms with E-state index in [4.69, 9.17) is 4.98 Å². The highest BCUT2D eigenvalue weighted by atomic mass is 32.2. The Morgan fingerprint density at radius 2 is 2.33 bits per heavy atom. The summed E-state index contributed by atoms with van der Waals surface area (Å²) in [7, 11) is 0. The lowest BCUT2D eigenvalue weighted by molar-refractivity contribution is 0.661. The molecule has 1 aliphatic rings. The first-order chi connectivity index (χ1) is 8.88. The predicted octanol–water partition coefficient (Wildman–Crippen LogP) is 3.09.